The monoisotopic (exact) mass is 328 g/mol. The summed E-state index contributed by atoms with van der Waals surface area (Å²) in [6.07, 6.45) is 9.79. The molecular weight excluding hydrogens is 296 g/mol. The van der Waals surface area contributed by atoms with Crippen LogP contribution in [0.2, 0.25) is 0 Å². The van der Waals surface area contributed by atoms with E-state index in [-0.39, 0.29) is 16.7 Å². The molecule has 4 aliphatic rings. The molecule has 0 aromatic rings. The molecule has 0 heterocycles. The van der Waals surface area contributed by atoms with Crippen molar-refractivity contribution in [3.8, 4) is 0 Å². The zero-order chi connectivity index (χ0) is 17.3. The van der Waals surface area contributed by atoms with Gasteiger partial charge in [0.15, 0.2) is 5.78 Å². The van der Waals surface area contributed by atoms with Crippen LogP contribution in [0.5, 0.6) is 0 Å². The molecule has 5 unspecified atom stereocenters. The summed E-state index contributed by atoms with van der Waals surface area (Å²) in [7, 11) is 0. The predicted molar refractivity (Wildman–Crippen MR) is 95.4 cm³/mol. The van der Waals surface area contributed by atoms with Gasteiger partial charge in [-0.2, -0.15) is 0 Å². The molecule has 2 nitrogen and oxygen atoms in total. The lowest BCUT2D eigenvalue weighted by Crippen LogP contribution is -2.51. The molecule has 132 valence electrons. The van der Waals surface area contributed by atoms with E-state index in [9.17, 15) is 9.59 Å². The van der Waals surface area contributed by atoms with E-state index in [2.05, 4.69) is 20.8 Å². The second-order valence-electron chi connectivity index (χ2n) is 9.81. The first-order chi connectivity index (χ1) is 11.3. The Balaban J connectivity index is 1.69. The lowest BCUT2D eigenvalue weighted by atomic mass is 9.46. The van der Waals surface area contributed by atoms with Crippen molar-refractivity contribution >= 4 is 11.6 Å². The maximum absolute atomic E-state index is 12.4. The quantitative estimate of drug-likeness (QED) is 0.681. The Hall–Kier alpha value is -0.920. The molecular formula is C22H32O2. The first-order valence-corrected chi connectivity index (χ1v) is 10.0. The first-order valence-electron chi connectivity index (χ1n) is 10.0. The molecule has 4 rings (SSSR count). The second-order valence-corrected chi connectivity index (χ2v) is 9.81. The smallest absolute Gasteiger partial charge is 0.155 e. The number of hydrogen-bond acceptors (Lipinski definition) is 2. The van der Waals surface area contributed by atoms with E-state index in [1.807, 2.05) is 13.0 Å². The van der Waals surface area contributed by atoms with Gasteiger partial charge in [0.25, 0.3) is 0 Å². The maximum atomic E-state index is 12.4. The maximum Gasteiger partial charge on any atom is 0.155 e. The summed E-state index contributed by atoms with van der Waals surface area (Å²) in [6, 6.07) is 0. The van der Waals surface area contributed by atoms with Crippen molar-refractivity contribution in [3.05, 3.63) is 11.6 Å². The van der Waals surface area contributed by atoms with Crippen molar-refractivity contribution < 1.29 is 9.59 Å². The zero-order valence-corrected chi connectivity index (χ0v) is 15.7. The van der Waals surface area contributed by atoms with Gasteiger partial charge in [0.2, 0.25) is 0 Å². The van der Waals surface area contributed by atoms with Crippen LogP contribution in [0, 0.1) is 40.4 Å². The molecule has 0 aliphatic heterocycles. The van der Waals surface area contributed by atoms with Crippen LogP contribution in [0.25, 0.3) is 0 Å². The topological polar surface area (TPSA) is 34.1 Å². The summed E-state index contributed by atoms with van der Waals surface area (Å²) in [4.78, 5) is 24.3. The number of allylic oxidation sites excluding steroid dienone is 1. The number of hydrogen-bond donors (Lipinski definition) is 0. The molecule has 0 aromatic carbocycles. The van der Waals surface area contributed by atoms with Gasteiger partial charge >= 0.3 is 0 Å². The summed E-state index contributed by atoms with van der Waals surface area (Å²) in [5.41, 5.74) is 1.90. The largest absolute Gasteiger partial charge is 0.300 e. The Labute approximate surface area is 146 Å². The predicted octanol–water partition coefficient (Wildman–Crippen LogP) is 4.97. The van der Waals surface area contributed by atoms with E-state index < -0.39 is 0 Å². The molecule has 3 saturated carbocycles. The number of rotatable bonds is 1. The van der Waals surface area contributed by atoms with Crippen molar-refractivity contribution in [2.75, 3.05) is 0 Å². The third-order valence-electron chi connectivity index (χ3n) is 8.74. The van der Waals surface area contributed by atoms with Gasteiger partial charge in [0, 0.05) is 12.3 Å². The number of fused-ring (bicyclic) bond motifs is 5. The van der Waals surface area contributed by atoms with Gasteiger partial charge < -0.3 is 0 Å². The van der Waals surface area contributed by atoms with Crippen LogP contribution >= 0.6 is 0 Å². The van der Waals surface area contributed by atoms with E-state index in [4.69, 9.17) is 0 Å². The number of ketones is 2. The van der Waals surface area contributed by atoms with Gasteiger partial charge in [-0.1, -0.05) is 26.3 Å². The lowest BCUT2D eigenvalue weighted by molar-refractivity contribution is -0.129. The fourth-order valence-corrected chi connectivity index (χ4v) is 7.79. The Kier molecular flexibility index (Phi) is 3.64. The second kappa shape index (κ2) is 5.29. The minimum Gasteiger partial charge on any atom is -0.300 e. The van der Waals surface area contributed by atoms with Crippen LogP contribution in [-0.2, 0) is 9.59 Å². The van der Waals surface area contributed by atoms with Gasteiger partial charge in [0.1, 0.15) is 5.78 Å². The third-order valence-corrected chi connectivity index (χ3v) is 8.74. The van der Waals surface area contributed by atoms with Gasteiger partial charge in [-0.05, 0) is 86.0 Å². The van der Waals surface area contributed by atoms with E-state index in [1.54, 1.807) is 0 Å². The molecule has 0 bridgehead atoms. The average molecular weight is 328 g/mol. The highest BCUT2D eigenvalue weighted by atomic mass is 16.1. The molecule has 0 N–H and O–H groups in total. The summed E-state index contributed by atoms with van der Waals surface area (Å²) >= 11 is 0. The summed E-state index contributed by atoms with van der Waals surface area (Å²) < 4.78 is 0. The fraction of sp³-hybridized carbons (Fsp3) is 0.818. The highest BCUT2D eigenvalue weighted by molar-refractivity contribution is 5.91. The Morgan fingerprint density at radius 2 is 1.88 bits per heavy atom. The van der Waals surface area contributed by atoms with E-state index in [0.29, 0.717) is 23.4 Å². The number of carbonyl (C=O) groups excluding carboxylic acids is 2. The van der Waals surface area contributed by atoms with Crippen molar-refractivity contribution in [1.82, 2.24) is 0 Å². The van der Waals surface area contributed by atoms with Gasteiger partial charge in [-0.3, -0.25) is 9.59 Å². The normalized spacial score (nSPS) is 50.6. The molecule has 2 heteroatoms. The van der Waals surface area contributed by atoms with Gasteiger partial charge in [-0.25, -0.2) is 0 Å². The molecule has 0 amide bonds. The van der Waals surface area contributed by atoms with Crippen LogP contribution < -0.4 is 0 Å². The minimum atomic E-state index is 0.217. The standard InChI is InChI=1S/C22H32O2/c1-13-11-19-17-6-5-15-12-16(24)7-9-21(15,3)18(17)8-10-22(19,4)20(13)14(2)23/h12-13,17-20H,5-11H2,1-4H3/t13?,17?,18-,19-,20?,21?,22?/m0/s1. The highest BCUT2D eigenvalue weighted by Gasteiger charge is 2.61. The Bertz CT molecular complexity index is 617. The highest BCUT2D eigenvalue weighted by Crippen LogP contribution is 2.67. The van der Waals surface area contributed by atoms with Crippen LogP contribution in [0.3, 0.4) is 0 Å². The Morgan fingerprint density at radius 3 is 2.58 bits per heavy atom. The van der Waals surface area contributed by atoms with Crippen LogP contribution in [0.1, 0.15) is 72.6 Å². The van der Waals surface area contributed by atoms with E-state index in [1.165, 1.54) is 31.3 Å². The van der Waals surface area contributed by atoms with Gasteiger partial charge in [0.05, 0.1) is 0 Å². The van der Waals surface area contributed by atoms with Crippen molar-refractivity contribution in [2.45, 2.75) is 72.6 Å². The third kappa shape index (κ3) is 2.07. The lowest BCUT2D eigenvalue weighted by Gasteiger charge is -2.58. The summed E-state index contributed by atoms with van der Waals surface area (Å²) in [5, 5.41) is 0. The number of Topliss-reactive ketones (excluding diaryl/α,β-unsaturated/α-hetero) is 1. The molecule has 0 radical (unpaired) electrons. The van der Waals surface area contributed by atoms with Crippen LogP contribution in [0.4, 0.5) is 0 Å². The zero-order valence-electron chi connectivity index (χ0n) is 15.7. The molecule has 4 aliphatic carbocycles. The van der Waals surface area contributed by atoms with E-state index >= 15 is 0 Å². The van der Waals surface area contributed by atoms with Gasteiger partial charge in [-0.15, -0.1) is 0 Å². The molecule has 0 aromatic heterocycles. The first kappa shape index (κ1) is 16.5. The van der Waals surface area contributed by atoms with Crippen molar-refractivity contribution in [3.63, 3.8) is 0 Å². The summed E-state index contributed by atoms with van der Waals surface area (Å²) in [5.74, 6) is 3.74. The minimum absolute atomic E-state index is 0.217. The van der Waals surface area contributed by atoms with Crippen LogP contribution in [-0.4, -0.2) is 11.6 Å². The molecule has 7 atom stereocenters. The molecule has 0 saturated heterocycles. The molecule has 24 heavy (non-hydrogen) atoms. The SMILES string of the molecule is CC(=O)C1C(C)C[C@H]2C3CCC4=CC(=O)CCC4(C)[C@H]3CCC12C. The molecule has 3 fully saturated rings. The van der Waals surface area contributed by atoms with Crippen molar-refractivity contribution in [2.24, 2.45) is 40.4 Å². The average Bonchev–Trinajstić information content (AvgIpc) is 2.78. The Morgan fingerprint density at radius 1 is 1.12 bits per heavy atom. The van der Waals surface area contributed by atoms with E-state index in [0.717, 1.165) is 31.1 Å². The summed E-state index contributed by atoms with van der Waals surface area (Å²) in [6.45, 7) is 8.98. The van der Waals surface area contributed by atoms with Crippen molar-refractivity contribution in [1.29, 1.82) is 0 Å². The fourth-order valence-electron chi connectivity index (χ4n) is 7.79. The molecule has 0 spiro atoms. The van der Waals surface area contributed by atoms with Crippen LogP contribution in [0.15, 0.2) is 11.6 Å². The number of carbonyl (C=O) groups is 2.